The fourth-order valence-electron chi connectivity index (χ4n) is 1.80. The normalized spacial score (nSPS) is 17.2. The quantitative estimate of drug-likeness (QED) is 0.747. The standard InChI is InChI=1S/C10H16N4OS/c11-8-6-12-14-10(8)13-9(15)5-7-1-3-16-4-2-7/h6-7H,1-5,11H2,(H2,12,13,14,15). The first-order valence-electron chi connectivity index (χ1n) is 5.42. The zero-order valence-corrected chi connectivity index (χ0v) is 9.85. The van der Waals surface area contributed by atoms with Crippen molar-refractivity contribution in [2.75, 3.05) is 22.6 Å². The SMILES string of the molecule is Nc1cn[nH]c1NC(=O)CC1CCSCC1. The predicted molar refractivity (Wildman–Crippen MR) is 66.3 cm³/mol. The number of nitrogens with zero attached hydrogens (tertiary/aromatic N) is 1. The van der Waals surface area contributed by atoms with E-state index >= 15 is 0 Å². The fourth-order valence-corrected chi connectivity index (χ4v) is 3.00. The van der Waals surface area contributed by atoms with E-state index in [1.54, 1.807) is 0 Å². The highest BCUT2D eigenvalue weighted by molar-refractivity contribution is 7.99. The first kappa shape index (κ1) is 11.3. The number of hydrogen-bond acceptors (Lipinski definition) is 4. The molecule has 0 saturated carbocycles. The van der Waals surface area contributed by atoms with Crippen LogP contribution < -0.4 is 11.1 Å². The van der Waals surface area contributed by atoms with Gasteiger partial charge in [-0.3, -0.25) is 9.89 Å². The number of carbonyl (C=O) groups excluding carboxylic acids is 1. The molecular formula is C10H16N4OS. The minimum atomic E-state index is 0.0212. The van der Waals surface area contributed by atoms with E-state index in [0.29, 0.717) is 23.8 Å². The van der Waals surface area contributed by atoms with Gasteiger partial charge >= 0.3 is 0 Å². The molecule has 1 fully saturated rings. The number of aromatic nitrogens is 2. The van der Waals surface area contributed by atoms with Crippen LogP contribution in [0.4, 0.5) is 11.5 Å². The molecule has 0 unspecified atom stereocenters. The van der Waals surface area contributed by atoms with Gasteiger partial charge in [0.15, 0.2) is 5.82 Å². The molecule has 4 N–H and O–H groups in total. The summed E-state index contributed by atoms with van der Waals surface area (Å²) in [6, 6.07) is 0. The molecule has 1 aliphatic rings. The summed E-state index contributed by atoms with van der Waals surface area (Å²) in [6.07, 6.45) is 4.35. The zero-order valence-electron chi connectivity index (χ0n) is 9.03. The third-order valence-corrected chi connectivity index (χ3v) is 3.80. The first-order valence-corrected chi connectivity index (χ1v) is 6.57. The number of rotatable bonds is 3. The van der Waals surface area contributed by atoms with Crippen molar-refractivity contribution in [2.45, 2.75) is 19.3 Å². The average molecular weight is 240 g/mol. The van der Waals surface area contributed by atoms with Crippen molar-refractivity contribution in [1.29, 1.82) is 0 Å². The number of hydrogen-bond donors (Lipinski definition) is 3. The molecule has 88 valence electrons. The van der Waals surface area contributed by atoms with E-state index in [0.717, 1.165) is 12.8 Å². The highest BCUT2D eigenvalue weighted by Crippen LogP contribution is 2.25. The van der Waals surface area contributed by atoms with E-state index in [1.807, 2.05) is 11.8 Å². The second-order valence-corrected chi connectivity index (χ2v) is 5.23. The molecule has 16 heavy (non-hydrogen) atoms. The number of amides is 1. The molecule has 1 aromatic heterocycles. The van der Waals surface area contributed by atoms with E-state index in [1.165, 1.54) is 17.7 Å². The Bertz CT molecular complexity index is 359. The summed E-state index contributed by atoms with van der Waals surface area (Å²) in [5, 5.41) is 9.16. The third kappa shape index (κ3) is 2.91. The number of carbonyl (C=O) groups is 1. The second kappa shape index (κ2) is 5.25. The maximum absolute atomic E-state index is 11.7. The van der Waals surface area contributed by atoms with E-state index in [4.69, 9.17) is 5.73 Å². The van der Waals surface area contributed by atoms with Crippen molar-refractivity contribution in [2.24, 2.45) is 5.92 Å². The van der Waals surface area contributed by atoms with E-state index in [2.05, 4.69) is 15.5 Å². The Balaban J connectivity index is 1.82. The Labute approximate surface area is 98.6 Å². The van der Waals surface area contributed by atoms with E-state index in [9.17, 15) is 4.79 Å². The van der Waals surface area contributed by atoms with Crippen LogP contribution in [0.3, 0.4) is 0 Å². The van der Waals surface area contributed by atoms with Gasteiger partial charge in [-0.15, -0.1) is 0 Å². The minimum absolute atomic E-state index is 0.0212. The second-order valence-electron chi connectivity index (χ2n) is 4.01. The van der Waals surface area contributed by atoms with Crippen molar-refractivity contribution in [3.05, 3.63) is 6.20 Å². The van der Waals surface area contributed by atoms with Crippen LogP contribution in [0.2, 0.25) is 0 Å². The largest absolute Gasteiger partial charge is 0.394 e. The van der Waals surface area contributed by atoms with Gasteiger partial charge in [0.05, 0.1) is 11.9 Å². The lowest BCUT2D eigenvalue weighted by Crippen LogP contribution is -2.20. The molecule has 0 radical (unpaired) electrons. The first-order chi connectivity index (χ1) is 7.75. The lowest BCUT2D eigenvalue weighted by atomic mass is 9.98. The summed E-state index contributed by atoms with van der Waals surface area (Å²) in [5.41, 5.74) is 6.09. The number of nitrogen functional groups attached to an aromatic ring is 1. The molecule has 2 rings (SSSR count). The molecule has 0 aliphatic carbocycles. The highest BCUT2D eigenvalue weighted by Gasteiger charge is 2.17. The summed E-state index contributed by atoms with van der Waals surface area (Å²) >= 11 is 1.97. The summed E-state index contributed by atoms with van der Waals surface area (Å²) in [5.74, 6) is 3.39. The zero-order chi connectivity index (χ0) is 11.4. The van der Waals surface area contributed by atoms with Gasteiger partial charge in [-0.25, -0.2) is 0 Å². The van der Waals surface area contributed by atoms with Gasteiger partial charge in [-0.2, -0.15) is 16.9 Å². The molecule has 6 heteroatoms. The molecule has 1 amide bonds. The monoisotopic (exact) mass is 240 g/mol. The Hall–Kier alpha value is -1.17. The number of aromatic amines is 1. The predicted octanol–water partition coefficient (Wildman–Crippen LogP) is 1.46. The molecule has 1 aliphatic heterocycles. The number of H-pyrrole nitrogens is 1. The Kier molecular flexibility index (Phi) is 3.71. The lowest BCUT2D eigenvalue weighted by Gasteiger charge is -2.20. The summed E-state index contributed by atoms with van der Waals surface area (Å²) in [4.78, 5) is 11.7. The third-order valence-electron chi connectivity index (χ3n) is 2.75. The van der Waals surface area contributed by atoms with Crippen molar-refractivity contribution in [3.63, 3.8) is 0 Å². The fraction of sp³-hybridized carbons (Fsp3) is 0.600. The van der Waals surface area contributed by atoms with E-state index < -0.39 is 0 Å². The van der Waals surface area contributed by atoms with Gasteiger partial charge in [0.1, 0.15) is 0 Å². The number of thioether (sulfide) groups is 1. The topological polar surface area (TPSA) is 83.8 Å². The highest BCUT2D eigenvalue weighted by atomic mass is 32.2. The van der Waals surface area contributed by atoms with Crippen molar-refractivity contribution in [3.8, 4) is 0 Å². The smallest absolute Gasteiger partial charge is 0.225 e. The van der Waals surface area contributed by atoms with Crippen molar-refractivity contribution < 1.29 is 4.79 Å². The average Bonchev–Trinajstić information content (AvgIpc) is 2.66. The molecular weight excluding hydrogens is 224 g/mol. The summed E-state index contributed by atoms with van der Waals surface area (Å²) in [7, 11) is 0. The Morgan fingerprint density at radius 3 is 3.00 bits per heavy atom. The molecule has 2 heterocycles. The minimum Gasteiger partial charge on any atom is -0.394 e. The lowest BCUT2D eigenvalue weighted by molar-refractivity contribution is -0.117. The van der Waals surface area contributed by atoms with Crippen LogP contribution in [0.1, 0.15) is 19.3 Å². The summed E-state index contributed by atoms with van der Waals surface area (Å²) in [6.45, 7) is 0. The van der Waals surface area contributed by atoms with Crippen LogP contribution in [0.15, 0.2) is 6.20 Å². The number of anilines is 2. The maximum Gasteiger partial charge on any atom is 0.225 e. The van der Waals surface area contributed by atoms with Gasteiger partial charge in [0.25, 0.3) is 0 Å². The van der Waals surface area contributed by atoms with Crippen LogP contribution in [0.25, 0.3) is 0 Å². The molecule has 0 spiro atoms. The molecule has 1 saturated heterocycles. The van der Waals surface area contributed by atoms with Crippen LogP contribution in [0, 0.1) is 5.92 Å². The van der Waals surface area contributed by atoms with Crippen molar-refractivity contribution >= 4 is 29.2 Å². The summed E-state index contributed by atoms with van der Waals surface area (Å²) < 4.78 is 0. The van der Waals surface area contributed by atoms with Gasteiger partial charge in [-0.05, 0) is 30.3 Å². The molecule has 0 atom stereocenters. The number of nitrogens with one attached hydrogen (secondary N) is 2. The van der Waals surface area contributed by atoms with Gasteiger partial charge < -0.3 is 11.1 Å². The molecule has 5 nitrogen and oxygen atoms in total. The van der Waals surface area contributed by atoms with Crippen LogP contribution in [-0.4, -0.2) is 27.6 Å². The van der Waals surface area contributed by atoms with Gasteiger partial charge in [-0.1, -0.05) is 0 Å². The molecule has 0 aromatic carbocycles. The van der Waals surface area contributed by atoms with Crippen LogP contribution >= 0.6 is 11.8 Å². The van der Waals surface area contributed by atoms with Crippen LogP contribution in [-0.2, 0) is 4.79 Å². The van der Waals surface area contributed by atoms with Crippen molar-refractivity contribution in [1.82, 2.24) is 10.2 Å². The molecule has 0 bridgehead atoms. The molecule has 1 aromatic rings. The van der Waals surface area contributed by atoms with Gasteiger partial charge in [0, 0.05) is 6.42 Å². The van der Waals surface area contributed by atoms with Crippen LogP contribution in [0.5, 0.6) is 0 Å². The maximum atomic E-state index is 11.7. The Morgan fingerprint density at radius 2 is 2.38 bits per heavy atom. The van der Waals surface area contributed by atoms with E-state index in [-0.39, 0.29) is 5.91 Å². The Morgan fingerprint density at radius 1 is 1.62 bits per heavy atom. The van der Waals surface area contributed by atoms with Gasteiger partial charge in [0.2, 0.25) is 5.91 Å². The number of nitrogens with two attached hydrogens (primary N) is 1.